The number of carbonyl (C=O) groups excluding carboxylic acids is 1. The average Bonchev–Trinajstić information content (AvgIpc) is 2.63. The van der Waals surface area contributed by atoms with E-state index in [0.717, 1.165) is 12.8 Å². The molecule has 144 valence electrons. The first-order valence-electron chi connectivity index (χ1n) is 9.02. The number of benzene rings is 1. The summed E-state index contributed by atoms with van der Waals surface area (Å²) >= 11 is 5.85. The number of piperidine rings is 1. The molecular formula is C18H25ClN2O4S. The van der Waals surface area contributed by atoms with Crippen LogP contribution in [0.4, 0.5) is 0 Å². The van der Waals surface area contributed by atoms with Crippen LogP contribution in [0.3, 0.4) is 0 Å². The van der Waals surface area contributed by atoms with Gasteiger partial charge in [-0.25, -0.2) is 8.42 Å². The van der Waals surface area contributed by atoms with E-state index < -0.39 is 10.0 Å². The number of hydrogen-bond donors (Lipinski definition) is 0. The highest BCUT2D eigenvalue weighted by Gasteiger charge is 2.35. The quantitative estimate of drug-likeness (QED) is 0.778. The predicted octanol–water partition coefficient (Wildman–Crippen LogP) is 2.52. The van der Waals surface area contributed by atoms with Gasteiger partial charge >= 0.3 is 0 Å². The maximum absolute atomic E-state index is 12.8. The van der Waals surface area contributed by atoms with Crippen molar-refractivity contribution in [2.75, 3.05) is 26.3 Å². The lowest BCUT2D eigenvalue weighted by Crippen LogP contribution is -2.53. The van der Waals surface area contributed by atoms with Crippen molar-refractivity contribution in [3.05, 3.63) is 29.3 Å². The van der Waals surface area contributed by atoms with E-state index in [1.165, 1.54) is 16.4 Å². The van der Waals surface area contributed by atoms with E-state index in [0.29, 0.717) is 44.2 Å². The first-order chi connectivity index (χ1) is 12.4. The third-order valence-corrected chi connectivity index (χ3v) is 7.38. The van der Waals surface area contributed by atoms with Gasteiger partial charge in [-0.05, 0) is 49.9 Å². The van der Waals surface area contributed by atoms with Crippen molar-refractivity contribution in [3.8, 4) is 0 Å². The predicted molar refractivity (Wildman–Crippen MR) is 99.6 cm³/mol. The molecule has 2 aliphatic rings. The lowest BCUT2D eigenvalue weighted by atomic mass is 9.99. The molecule has 2 saturated heterocycles. The van der Waals surface area contributed by atoms with E-state index in [4.69, 9.17) is 16.3 Å². The lowest BCUT2D eigenvalue weighted by molar-refractivity contribution is -0.137. The van der Waals surface area contributed by atoms with Crippen LogP contribution in [0.5, 0.6) is 0 Å². The molecule has 0 bridgehead atoms. The summed E-state index contributed by atoms with van der Waals surface area (Å²) in [6, 6.07) is 6.53. The highest BCUT2D eigenvalue weighted by molar-refractivity contribution is 7.89. The number of halogens is 1. The molecule has 3 rings (SSSR count). The highest BCUT2D eigenvalue weighted by atomic mass is 35.5. The molecule has 0 unspecified atom stereocenters. The largest absolute Gasteiger partial charge is 0.381 e. The molecule has 0 spiro atoms. The van der Waals surface area contributed by atoms with Crippen LogP contribution in [0.2, 0.25) is 5.02 Å². The summed E-state index contributed by atoms with van der Waals surface area (Å²) in [5, 5.41) is 0.510. The van der Waals surface area contributed by atoms with Crippen LogP contribution >= 0.6 is 11.6 Å². The van der Waals surface area contributed by atoms with Gasteiger partial charge in [0.25, 0.3) is 0 Å². The van der Waals surface area contributed by atoms with Crippen molar-refractivity contribution in [1.29, 1.82) is 0 Å². The van der Waals surface area contributed by atoms with Gasteiger partial charge in [-0.1, -0.05) is 11.6 Å². The van der Waals surface area contributed by atoms with E-state index in [9.17, 15) is 13.2 Å². The minimum absolute atomic E-state index is 0.0657. The van der Waals surface area contributed by atoms with Gasteiger partial charge in [-0.3, -0.25) is 4.79 Å². The molecule has 0 saturated carbocycles. The van der Waals surface area contributed by atoms with Crippen LogP contribution in [-0.2, 0) is 19.6 Å². The number of hydrogen-bond acceptors (Lipinski definition) is 4. The van der Waals surface area contributed by atoms with Crippen LogP contribution in [0.15, 0.2) is 29.2 Å². The van der Waals surface area contributed by atoms with E-state index in [-0.39, 0.29) is 22.9 Å². The van der Waals surface area contributed by atoms with Crippen molar-refractivity contribution in [3.63, 3.8) is 0 Å². The molecule has 0 radical (unpaired) electrons. The molecule has 1 aromatic carbocycles. The topological polar surface area (TPSA) is 66.9 Å². The molecule has 0 N–H and O–H groups in total. The Hall–Kier alpha value is -1.15. The van der Waals surface area contributed by atoms with E-state index in [2.05, 4.69) is 0 Å². The average molecular weight is 401 g/mol. The fourth-order valence-electron chi connectivity index (χ4n) is 3.89. The summed E-state index contributed by atoms with van der Waals surface area (Å²) < 4.78 is 32.5. The van der Waals surface area contributed by atoms with Gasteiger partial charge in [-0.2, -0.15) is 4.31 Å². The molecule has 0 aromatic heterocycles. The van der Waals surface area contributed by atoms with Crippen LogP contribution in [0.1, 0.15) is 32.6 Å². The van der Waals surface area contributed by atoms with E-state index in [1.807, 2.05) is 4.90 Å². The number of ether oxygens (including phenoxy) is 1. The molecule has 1 aromatic rings. The third kappa shape index (κ3) is 4.22. The minimum Gasteiger partial charge on any atom is -0.381 e. The van der Waals surface area contributed by atoms with Crippen molar-refractivity contribution in [1.82, 2.24) is 9.21 Å². The zero-order chi connectivity index (χ0) is 18.7. The fraction of sp³-hybridized carbons (Fsp3) is 0.611. The van der Waals surface area contributed by atoms with Gasteiger partial charge in [-0.15, -0.1) is 0 Å². The first-order valence-corrected chi connectivity index (χ1v) is 10.8. The normalized spacial score (nSPS) is 20.8. The number of amides is 1. The van der Waals surface area contributed by atoms with Crippen molar-refractivity contribution < 1.29 is 17.9 Å². The fourth-order valence-corrected chi connectivity index (χ4v) is 5.49. The summed E-state index contributed by atoms with van der Waals surface area (Å²) in [5.74, 6) is 0.0657. The maximum atomic E-state index is 12.8. The summed E-state index contributed by atoms with van der Waals surface area (Å²) in [7, 11) is -3.52. The molecule has 26 heavy (non-hydrogen) atoms. The maximum Gasteiger partial charge on any atom is 0.243 e. The summed E-state index contributed by atoms with van der Waals surface area (Å²) in [4.78, 5) is 14.4. The Morgan fingerprint density at radius 3 is 2.15 bits per heavy atom. The Labute approximate surface area is 160 Å². The smallest absolute Gasteiger partial charge is 0.243 e. The Kier molecular flexibility index (Phi) is 6.22. The molecule has 6 nitrogen and oxygen atoms in total. The SMILES string of the molecule is CC(=O)N(C1CCOCC1)C1CCN(S(=O)(=O)c2ccc(Cl)cc2)CC1. The molecule has 1 amide bonds. The molecule has 2 aliphatic heterocycles. The zero-order valence-corrected chi connectivity index (χ0v) is 16.5. The first kappa shape index (κ1) is 19.6. The van der Waals surface area contributed by atoms with Crippen molar-refractivity contribution in [2.24, 2.45) is 0 Å². The van der Waals surface area contributed by atoms with Crippen molar-refractivity contribution in [2.45, 2.75) is 49.6 Å². The number of sulfonamides is 1. The van der Waals surface area contributed by atoms with Crippen LogP contribution in [-0.4, -0.2) is 61.9 Å². The zero-order valence-electron chi connectivity index (χ0n) is 14.9. The Morgan fingerprint density at radius 2 is 1.62 bits per heavy atom. The monoisotopic (exact) mass is 400 g/mol. The van der Waals surface area contributed by atoms with Gasteiger partial charge in [0, 0.05) is 50.3 Å². The highest BCUT2D eigenvalue weighted by Crippen LogP contribution is 2.27. The minimum atomic E-state index is -3.52. The standard InChI is InChI=1S/C18H25ClN2O4S/c1-14(22)21(17-8-12-25-13-9-17)16-6-10-20(11-7-16)26(23,24)18-4-2-15(19)3-5-18/h2-5,16-17H,6-13H2,1H3. The number of rotatable bonds is 4. The molecule has 0 atom stereocenters. The van der Waals surface area contributed by atoms with Gasteiger partial charge in [0.15, 0.2) is 0 Å². The molecule has 2 fully saturated rings. The van der Waals surface area contributed by atoms with Crippen LogP contribution in [0, 0.1) is 0 Å². The third-order valence-electron chi connectivity index (χ3n) is 5.22. The Bertz CT molecular complexity index is 724. The molecule has 0 aliphatic carbocycles. The number of nitrogens with zero attached hydrogens (tertiary/aromatic N) is 2. The molecule has 8 heteroatoms. The van der Waals surface area contributed by atoms with Crippen molar-refractivity contribution >= 4 is 27.5 Å². The van der Waals surface area contributed by atoms with E-state index >= 15 is 0 Å². The van der Waals surface area contributed by atoms with Crippen LogP contribution in [0.25, 0.3) is 0 Å². The second-order valence-electron chi connectivity index (χ2n) is 6.86. The summed E-state index contributed by atoms with van der Waals surface area (Å²) in [6.07, 6.45) is 3.01. The second-order valence-corrected chi connectivity index (χ2v) is 9.23. The Morgan fingerprint density at radius 1 is 1.08 bits per heavy atom. The van der Waals surface area contributed by atoms with Gasteiger partial charge in [0.05, 0.1) is 4.90 Å². The lowest BCUT2D eigenvalue weighted by Gasteiger charge is -2.43. The second kappa shape index (κ2) is 8.25. The van der Waals surface area contributed by atoms with Gasteiger partial charge in [0.1, 0.15) is 0 Å². The molecule has 2 heterocycles. The Balaban J connectivity index is 1.67. The van der Waals surface area contributed by atoms with Gasteiger partial charge in [0.2, 0.25) is 15.9 Å². The van der Waals surface area contributed by atoms with Gasteiger partial charge < -0.3 is 9.64 Å². The number of carbonyl (C=O) groups is 1. The summed E-state index contributed by atoms with van der Waals surface area (Å²) in [5.41, 5.74) is 0. The summed E-state index contributed by atoms with van der Waals surface area (Å²) in [6.45, 7) is 3.80. The van der Waals surface area contributed by atoms with Crippen LogP contribution < -0.4 is 0 Å². The van der Waals surface area contributed by atoms with E-state index in [1.54, 1.807) is 19.1 Å². The molecular weight excluding hydrogens is 376 g/mol.